The maximum atomic E-state index is 12.8. The molecular weight excluding hydrogens is 264 g/mol. The molecule has 110 valence electrons. The van der Waals surface area contributed by atoms with E-state index >= 15 is 0 Å². The summed E-state index contributed by atoms with van der Waals surface area (Å²) in [5.74, 6) is 0.708. The van der Waals surface area contributed by atoms with Gasteiger partial charge in [0.05, 0.1) is 0 Å². The third-order valence-corrected chi connectivity index (χ3v) is 6.48. The number of nitrogens with zero attached hydrogens (tertiary/aromatic N) is 2. The Balaban J connectivity index is 1.71. The zero-order chi connectivity index (χ0) is 13.5. The van der Waals surface area contributed by atoms with E-state index in [1.807, 2.05) is 0 Å². The predicted octanol–water partition coefficient (Wildman–Crippen LogP) is 0.810. The van der Waals surface area contributed by atoms with E-state index < -0.39 is 10.2 Å². The SMILES string of the molecule is O=S(=O)(N1CCCC(CO)C1)N(CC1CC1)C1CC1. The van der Waals surface area contributed by atoms with Crippen molar-refractivity contribution in [2.24, 2.45) is 11.8 Å². The first-order valence-corrected chi connectivity index (χ1v) is 8.88. The quantitative estimate of drug-likeness (QED) is 0.787. The highest BCUT2D eigenvalue weighted by molar-refractivity contribution is 7.86. The first-order chi connectivity index (χ1) is 9.11. The van der Waals surface area contributed by atoms with Crippen LogP contribution in [0.2, 0.25) is 0 Å². The Morgan fingerprint density at radius 1 is 1.11 bits per heavy atom. The molecule has 1 aliphatic heterocycles. The van der Waals surface area contributed by atoms with E-state index in [0.717, 1.165) is 25.7 Å². The molecule has 1 saturated heterocycles. The Bertz CT molecular complexity index is 418. The van der Waals surface area contributed by atoms with Crippen LogP contribution in [-0.2, 0) is 10.2 Å². The summed E-state index contributed by atoms with van der Waals surface area (Å²) < 4.78 is 28.9. The van der Waals surface area contributed by atoms with Crippen molar-refractivity contribution >= 4 is 10.2 Å². The second kappa shape index (κ2) is 5.31. The predicted molar refractivity (Wildman–Crippen MR) is 72.8 cm³/mol. The molecule has 1 atom stereocenters. The highest BCUT2D eigenvalue weighted by atomic mass is 32.2. The fourth-order valence-corrected chi connectivity index (χ4v) is 4.93. The number of rotatable bonds is 6. The van der Waals surface area contributed by atoms with Crippen LogP contribution in [0.3, 0.4) is 0 Å². The molecule has 0 bridgehead atoms. The van der Waals surface area contributed by atoms with Gasteiger partial charge in [-0.3, -0.25) is 0 Å². The van der Waals surface area contributed by atoms with Crippen molar-refractivity contribution in [2.75, 3.05) is 26.2 Å². The van der Waals surface area contributed by atoms with E-state index in [1.165, 1.54) is 12.8 Å². The van der Waals surface area contributed by atoms with Crippen LogP contribution in [0.1, 0.15) is 38.5 Å². The highest BCUT2D eigenvalue weighted by Crippen LogP contribution is 2.37. The van der Waals surface area contributed by atoms with Crippen molar-refractivity contribution in [1.82, 2.24) is 8.61 Å². The Hall–Kier alpha value is -0.170. The van der Waals surface area contributed by atoms with Crippen molar-refractivity contribution in [2.45, 2.75) is 44.6 Å². The summed E-state index contributed by atoms with van der Waals surface area (Å²) in [4.78, 5) is 0. The molecule has 2 saturated carbocycles. The third-order valence-electron chi connectivity index (χ3n) is 4.45. The normalized spacial score (nSPS) is 29.9. The first kappa shape index (κ1) is 13.8. The lowest BCUT2D eigenvalue weighted by Gasteiger charge is -2.35. The molecule has 0 aromatic rings. The molecule has 1 N–H and O–H groups in total. The molecule has 3 aliphatic rings. The van der Waals surface area contributed by atoms with Crippen LogP contribution < -0.4 is 0 Å². The smallest absolute Gasteiger partial charge is 0.282 e. The molecule has 2 aliphatic carbocycles. The largest absolute Gasteiger partial charge is 0.396 e. The van der Waals surface area contributed by atoms with Crippen LogP contribution in [0, 0.1) is 11.8 Å². The lowest BCUT2D eigenvalue weighted by atomic mass is 10.0. The molecule has 0 aromatic carbocycles. The van der Waals surface area contributed by atoms with Gasteiger partial charge in [0.25, 0.3) is 10.2 Å². The number of aliphatic hydroxyl groups is 1. The van der Waals surface area contributed by atoms with Crippen molar-refractivity contribution < 1.29 is 13.5 Å². The summed E-state index contributed by atoms with van der Waals surface area (Å²) in [5, 5.41) is 9.25. The van der Waals surface area contributed by atoms with Crippen molar-refractivity contribution in [3.63, 3.8) is 0 Å². The summed E-state index contributed by atoms with van der Waals surface area (Å²) in [6.45, 7) is 1.92. The van der Waals surface area contributed by atoms with Gasteiger partial charge in [0.15, 0.2) is 0 Å². The fraction of sp³-hybridized carbons (Fsp3) is 1.00. The second-order valence-electron chi connectivity index (χ2n) is 6.30. The van der Waals surface area contributed by atoms with Crippen molar-refractivity contribution in [3.05, 3.63) is 0 Å². The first-order valence-electron chi connectivity index (χ1n) is 7.49. The van der Waals surface area contributed by atoms with Crippen LogP contribution in [-0.4, -0.2) is 54.4 Å². The number of aliphatic hydroxyl groups excluding tert-OH is 1. The topological polar surface area (TPSA) is 60.9 Å². The summed E-state index contributed by atoms with van der Waals surface area (Å²) >= 11 is 0. The van der Waals surface area contributed by atoms with Gasteiger partial charge in [0.2, 0.25) is 0 Å². The van der Waals surface area contributed by atoms with Gasteiger partial charge >= 0.3 is 0 Å². The van der Waals surface area contributed by atoms with Gasteiger partial charge < -0.3 is 5.11 Å². The molecule has 0 radical (unpaired) electrons. The van der Waals surface area contributed by atoms with Crippen LogP contribution in [0.25, 0.3) is 0 Å². The van der Waals surface area contributed by atoms with Gasteiger partial charge in [-0.1, -0.05) is 0 Å². The molecule has 19 heavy (non-hydrogen) atoms. The molecule has 3 rings (SSSR count). The molecule has 0 spiro atoms. The van der Waals surface area contributed by atoms with E-state index in [0.29, 0.717) is 25.6 Å². The van der Waals surface area contributed by atoms with Gasteiger partial charge in [-0.25, -0.2) is 0 Å². The molecule has 6 heteroatoms. The molecule has 1 unspecified atom stereocenters. The minimum absolute atomic E-state index is 0.0953. The van der Waals surface area contributed by atoms with E-state index in [9.17, 15) is 13.5 Å². The Kier molecular flexibility index (Phi) is 3.86. The van der Waals surface area contributed by atoms with E-state index in [1.54, 1.807) is 8.61 Å². The molecule has 1 heterocycles. The Labute approximate surface area is 115 Å². The monoisotopic (exact) mass is 288 g/mol. The summed E-state index contributed by atoms with van der Waals surface area (Å²) in [5.41, 5.74) is 0. The van der Waals surface area contributed by atoms with Crippen LogP contribution in [0.4, 0.5) is 0 Å². The number of hydrogen-bond acceptors (Lipinski definition) is 3. The number of hydrogen-bond donors (Lipinski definition) is 1. The second-order valence-corrected chi connectivity index (χ2v) is 8.18. The zero-order valence-electron chi connectivity index (χ0n) is 11.4. The molecule has 3 fully saturated rings. The van der Waals surface area contributed by atoms with Gasteiger partial charge in [-0.15, -0.1) is 0 Å². The highest BCUT2D eigenvalue weighted by Gasteiger charge is 2.43. The third kappa shape index (κ3) is 3.12. The minimum atomic E-state index is -3.30. The lowest BCUT2D eigenvalue weighted by molar-refractivity contribution is 0.160. The summed E-state index contributed by atoms with van der Waals surface area (Å²) in [6.07, 6.45) is 6.20. The van der Waals surface area contributed by atoms with E-state index in [-0.39, 0.29) is 18.6 Å². The van der Waals surface area contributed by atoms with Crippen molar-refractivity contribution in [1.29, 1.82) is 0 Å². The number of piperidine rings is 1. The molecular formula is C13H24N2O3S. The standard InChI is InChI=1S/C13H24N2O3S/c16-10-12-2-1-7-14(8-12)19(17,18)15(13-5-6-13)9-11-3-4-11/h11-13,16H,1-10H2. The Morgan fingerprint density at radius 3 is 2.42 bits per heavy atom. The van der Waals surface area contributed by atoms with Crippen LogP contribution in [0.15, 0.2) is 0 Å². The average molecular weight is 288 g/mol. The van der Waals surface area contributed by atoms with Crippen LogP contribution in [0.5, 0.6) is 0 Å². The van der Waals surface area contributed by atoms with Gasteiger partial charge in [-0.05, 0) is 50.4 Å². The fourth-order valence-electron chi connectivity index (χ4n) is 2.88. The Morgan fingerprint density at radius 2 is 1.84 bits per heavy atom. The zero-order valence-corrected chi connectivity index (χ0v) is 12.2. The average Bonchev–Trinajstić information content (AvgIpc) is 3.28. The van der Waals surface area contributed by atoms with Gasteiger partial charge in [0.1, 0.15) is 0 Å². The summed E-state index contributed by atoms with van der Waals surface area (Å²) in [6, 6.07) is 0.250. The minimum Gasteiger partial charge on any atom is -0.396 e. The molecule has 0 amide bonds. The van der Waals surface area contributed by atoms with E-state index in [4.69, 9.17) is 0 Å². The van der Waals surface area contributed by atoms with Gasteiger partial charge in [0, 0.05) is 32.3 Å². The molecule has 5 nitrogen and oxygen atoms in total. The van der Waals surface area contributed by atoms with Crippen LogP contribution >= 0.6 is 0 Å². The molecule has 0 aromatic heterocycles. The van der Waals surface area contributed by atoms with E-state index in [2.05, 4.69) is 0 Å². The maximum absolute atomic E-state index is 12.8. The maximum Gasteiger partial charge on any atom is 0.282 e. The summed E-state index contributed by atoms with van der Waals surface area (Å²) in [7, 11) is -3.30. The lowest BCUT2D eigenvalue weighted by Crippen LogP contribution is -2.49. The van der Waals surface area contributed by atoms with Crippen molar-refractivity contribution in [3.8, 4) is 0 Å². The van der Waals surface area contributed by atoms with Gasteiger partial charge in [-0.2, -0.15) is 17.0 Å².